The van der Waals surface area contributed by atoms with Gasteiger partial charge in [0.05, 0.1) is 17.2 Å². The molecule has 0 spiro atoms. The number of aliphatic imine (C=N–C) groups is 1. The quantitative estimate of drug-likeness (QED) is 0.190. The predicted molar refractivity (Wildman–Crippen MR) is 144 cm³/mol. The second kappa shape index (κ2) is 11.5. The van der Waals surface area contributed by atoms with E-state index in [0.29, 0.717) is 6.54 Å². The standard InChI is InChI=1S/C25H22BrN3O2S.ClH/c1-28-14-13-27-23(22-10-8-20(26)16-24(22)28)11-7-19-15-21(29(30)31)9-12-25(19)32-17-18-5-3-2-4-6-18;/h2-12,15-16H,13-14,17H2,1H3;1H. The molecule has 0 atom stereocenters. The molecule has 0 unspecified atom stereocenters. The third-order valence-corrected chi connectivity index (χ3v) is 6.88. The summed E-state index contributed by atoms with van der Waals surface area (Å²) in [6, 6.07) is 21.4. The molecule has 0 N–H and O–H groups in total. The van der Waals surface area contributed by atoms with Crippen LogP contribution in [0.5, 0.6) is 0 Å². The van der Waals surface area contributed by atoms with Gasteiger partial charge in [-0.2, -0.15) is 0 Å². The molecule has 5 nitrogen and oxygen atoms in total. The monoisotopic (exact) mass is 543 g/mol. The largest absolute Gasteiger partial charge is 0.372 e. The molecule has 33 heavy (non-hydrogen) atoms. The summed E-state index contributed by atoms with van der Waals surface area (Å²) in [5, 5.41) is 11.4. The number of likely N-dealkylation sites (N-methyl/N-ethyl adjacent to an activating group) is 1. The van der Waals surface area contributed by atoms with E-state index in [4.69, 9.17) is 4.99 Å². The third kappa shape index (κ3) is 6.25. The molecule has 4 rings (SSSR count). The summed E-state index contributed by atoms with van der Waals surface area (Å²) >= 11 is 5.23. The molecule has 0 saturated carbocycles. The van der Waals surface area contributed by atoms with Crippen molar-refractivity contribution in [3.8, 4) is 0 Å². The molecule has 0 radical (unpaired) electrons. The lowest BCUT2D eigenvalue weighted by molar-refractivity contribution is -0.384. The Morgan fingerprint density at radius 1 is 1.12 bits per heavy atom. The van der Waals surface area contributed by atoms with Crippen molar-refractivity contribution in [2.75, 3.05) is 25.0 Å². The number of benzodiazepines with no additional fused rings is 1. The SMILES string of the molecule is CN1CCN=C(C=Cc2cc([N+](=O)[O-])ccc2SCc2ccccc2)c2ccc(Br)cc21.Cl. The van der Waals surface area contributed by atoms with Crippen LogP contribution in [0.3, 0.4) is 0 Å². The van der Waals surface area contributed by atoms with Gasteiger partial charge in [0.25, 0.3) is 5.69 Å². The summed E-state index contributed by atoms with van der Waals surface area (Å²) in [6.07, 6.45) is 3.91. The fourth-order valence-electron chi connectivity index (χ4n) is 3.52. The number of rotatable bonds is 6. The Bertz CT molecular complexity index is 1200. The Balaban J connectivity index is 0.00000306. The maximum absolute atomic E-state index is 11.4. The van der Waals surface area contributed by atoms with Crippen LogP contribution < -0.4 is 4.90 Å². The van der Waals surface area contributed by atoms with Gasteiger partial charge in [0, 0.05) is 52.1 Å². The minimum Gasteiger partial charge on any atom is -0.372 e. The first-order valence-corrected chi connectivity index (χ1v) is 12.0. The second-order valence-electron chi connectivity index (χ2n) is 7.44. The normalized spacial score (nSPS) is 13.2. The summed E-state index contributed by atoms with van der Waals surface area (Å²) < 4.78 is 1.02. The number of halogens is 2. The zero-order chi connectivity index (χ0) is 22.5. The van der Waals surface area contributed by atoms with E-state index in [9.17, 15) is 10.1 Å². The van der Waals surface area contributed by atoms with Gasteiger partial charge in [-0.05, 0) is 41.5 Å². The Morgan fingerprint density at radius 3 is 2.67 bits per heavy atom. The Hall–Kier alpha value is -2.61. The van der Waals surface area contributed by atoms with Crippen molar-refractivity contribution in [3.63, 3.8) is 0 Å². The smallest absolute Gasteiger partial charge is 0.270 e. The van der Waals surface area contributed by atoms with Crippen molar-refractivity contribution in [1.82, 2.24) is 0 Å². The van der Waals surface area contributed by atoms with E-state index in [0.717, 1.165) is 44.2 Å². The lowest BCUT2D eigenvalue weighted by Crippen LogP contribution is -2.20. The highest BCUT2D eigenvalue weighted by Gasteiger charge is 2.16. The van der Waals surface area contributed by atoms with Crippen LogP contribution in [0.15, 0.2) is 87.2 Å². The number of hydrogen-bond donors (Lipinski definition) is 0. The highest BCUT2D eigenvalue weighted by Crippen LogP contribution is 2.31. The van der Waals surface area contributed by atoms with Gasteiger partial charge in [0.1, 0.15) is 0 Å². The fraction of sp³-hybridized carbons (Fsp3) is 0.160. The molecule has 1 aliphatic heterocycles. The van der Waals surface area contributed by atoms with Crippen molar-refractivity contribution in [1.29, 1.82) is 0 Å². The first kappa shape index (κ1) is 25.0. The van der Waals surface area contributed by atoms with E-state index >= 15 is 0 Å². The summed E-state index contributed by atoms with van der Waals surface area (Å²) in [4.78, 5) is 19.0. The molecule has 0 aliphatic carbocycles. The molecule has 1 heterocycles. The van der Waals surface area contributed by atoms with E-state index < -0.39 is 0 Å². The second-order valence-corrected chi connectivity index (χ2v) is 9.37. The summed E-state index contributed by atoms with van der Waals surface area (Å²) in [5.74, 6) is 0.794. The molecule has 0 saturated heterocycles. The third-order valence-electron chi connectivity index (χ3n) is 5.23. The fourth-order valence-corrected chi connectivity index (χ4v) is 4.84. The average molecular weight is 545 g/mol. The highest BCUT2D eigenvalue weighted by molar-refractivity contribution is 9.10. The van der Waals surface area contributed by atoms with Crippen LogP contribution in [0.4, 0.5) is 11.4 Å². The van der Waals surface area contributed by atoms with Crippen molar-refractivity contribution >= 4 is 63.3 Å². The van der Waals surface area contributed by atoms with Gasteiger partial charge in [0.2, 0.25) is 0 Å². The molecule has 0 fully saturated rings. The number of thioether (sulfide) groups is 1. The number of non-ortho nitro benzene ring substituents is 1. The van der Waals surface area contributed by atoms with Crippen molar-refractivity contribution in [2.45, 2.75) is 10.6 Å². The zero-order valence-corrected chi connectivity index (χ0v) is 21.2. The van der Waals surface area contributed by atoms with Crippen molar-refractivity contribution in [2.24, 2.45) is 4.99 Å². The van der Waals surface area contributed by atoms with Gasteiger partial charge in [-0.3, -0.25) is 15.1 Å². The first-order valence-electron chi connectivity index (χ1n) is 10.2. The molecule has 1 aliphatic rings. The maximum Gasteiger partial charge on any atom is 0.270 e. The summed E-state index contributed by atoms with van der Waals surface area (Å²) in [6.45, 7) is 1.52. The molecule has 0 aromatic heterocycles. The number of nitro benzene ring substituents is 1. The van der Waals surface area contributed by atoms with Crippen LogP contribution >= 0.6 is 40.1 Å². The number of allylic oxidation sites excluding steroid dienone is 1. The van der Waals surface area contributed by atoms with Gasteiger partial charge < -0.3 is 4.90 Å². The number of benzene rings is 3. The number of hydrogen-bond acceptors (Lipinski definition) is 5. The highest BCUT2D eigenvalue weighted by atomic mass is 79.9. The lowest BCUT2D eigenvalue weighted by Gasteiger charge is -2.19. The van der Waals surface area contributed by atoms with E-state index in [1.54, 1.807) is 23.9 Å². The summed E-state index contributed by atoms with van der Waals surface area (Å²) in [5.41, 5.74) is 5.15. The topological polar surface area (TPSA) is 58.7 Å². The summed E-state index contributed by atoms with van der Waals surface area (Å²) in [7, 11) is 2.06. The number of anilines is 1. The molecule has 8 heteroatoms. The molecule has 0 bridgehead atoms. The number of nitro groups is 1. The van der Waals surface area contributed by atoms with Gasteiger partial charge in [-0.1, -0.05) is 52.3 Å². The van der Waals surface area contributed by atoms with Gasteiger partial charge in [-0.15, -0.1) is 24.2 Å². The number of nitrogens with zero attached hydrogens (tertiary/aromatic N) is 3. The van der Waals surface area contributed by atoms with Crippen LogP contribution in [-0.2, 0) is 5.75 Å². The van der Waals surface area contributed by atoms with Crippen LogP contribution in [0.25, 0.3) is 6.08 Å². The number of fused-ring (bicyclic) bond motifs is 1. The molecule has 3 aromatic carbocycles. The van der Waals surface area contributed by atoms with Crippen LogP contribution in [-0.4, -0.2) is 30.8 Å². The van der Waals surface area contributed by atoms with E-state index in [2.05, 4.69) is 52.1 Å². The minimum atomic E-state index is -0.353. The first-order chi connectivity index (χ1) is 15.5. The minimum absolute atomic E-state index is 0. The Labute approximate surface area is 212 Å². The molecule has 3 aromatic rings. The predicted octanol–water partition coefficient (Wildman–Crippen LogP) is 7.02. The van der Waals surface area contributed by atoms with Crippen LogP contribution in [0, 0.1) is 10.1 Å². The van der Waals surface area contributed by atoms with Crippen molar-refractivity contribution < 1.29 is 4.92 Å². The van der Waals surface area contributed by atoms with Gasteiger partial charge in [0.15, 0.2) is 0 Å². The average Bonchev–Trinajstić information content (AvgIpc) is 2.95. The molecule has 170 valence electrons. The molecule has 0 amide bonds. The Morgan fingerprint density at radius 2 is 1.91 bits per heavy atom. The van der Waals surface area contributed by atoms with E-state index in [-0.39, 0.29) is 23.0 Å². The molecular formula is C25H23BrClN3O2S. The Kier molecular flexibility index (Phi) is 8.72. The van der Waals surface area contributed by atoms with E-state index in [1.165, 1.54) is 5.56 Å². The lowest BCUT2D eigenvalue weighted by atomic mass is 10.1. The van der Waals surface area contributed by atoms with Crippen LogP contribution in [0.2, 0.25) is 0 Å². The van der Waals surface area contributed by atoms with E-state index in [1.807, 2.05) is 42.5 Å². The maximum atomic E-state index is 11.4. The van der Waals surface area contributed by atoms with Gasteiger partial charge in [-0.25, -0.2) is 0 Å². The van der Waals surface area contributed by atoms with Crippen LogP contribution in [0.1, 0.15) is 16.7 Å². The molecular weight excluding hydrogens is 522 g/mol. The van der Waals surface area contributed by atoms with Gasteiger partial charge >= 0.3 is 0 Å². The van der Waals surface area contributed by atoms with Crippen molar-refractivity contribution in [3.05, 3.63) is 104 Å². The zero-order valence-electron chi connectivity index (χ0n) is 18.0.